The summed E-state index contributed by atoms with van der Waals surface area (Å²) in [5, 5.41) is 34.7. The van der Waals surface area contributed by atoms with Gasteiger partial charge in [0.2, 0.25) is 47.3 Å². The fourth-order valence-electron chi connectivity index (χ4n) is 7.20. The van der Waals surface area contributed by atoms with Gasteiger partial charge in [-0.3, -0.25) is 43.3 Å². The number of nitrogens with one attached hydrogen (secondary N) is 6. The van der Waals surface area contributed by atoms with Crippen LogP contribution in [0, 0.1) is 11.8 Å². The first-order chi connectivity index (χ1) is 30.1. The highest BCUT2D eigenvalue weighted by molar-refractivity contribution is 7.80. The number of aliphatic hydroxyl groups is 1. The molecule has 2 rings (SSSR count). The van der Waals surface area contributed by atoms with Crippen LogP contribution in [0.15, 0.2) is 4.99 Å². The van der Waals surface area contributed by atoms with Gasteiger partial charge < -0.3 is 69.1 Å². The van der Waals surface area contributed by atoms with Crippen molar-refractivity contribution < 1.29 is 53.4 Å². The Morgan fingerprint density at radius 1 is 0.688 bits per heavy atom. The molecule has 2 fully saturated rings. The second-order valence-electron chi connectivity index (χ2n) is 16.7. The summed E-state index contributed by atoms with van der Waals surface area (Å²) in [7, 11) is 0. The molecule has 9 atom stereocenters. The number of carbonyl (C=O) groups is 9. The highest BCUT2D eigenvalue weighted by Crippen LogP contribution is 2.22. The number of thiol groups is 2. The summed E-state index contributed by atoms with van der Waals surface area (Å²) in [6, 6.07) is -10.6. The third-order valence-electron chi connectivity index (χ3n) is 10.7. The van der Waals surface area contributed by atoms with Crippen LogP contribution in [0.5, 0.6) is 0 Å². The molecule has 2 saturated heterocycles. The molecule has 0 spiro atoms. The van der Waals surface area contributed by atoms with Gasteiger partial charge in [0.05, 0.1) is 12.6 Å². The number of carboxylic acid groups (broad SMARTS) is 1. The Morgan fingerprint density at radius 2 is 1.20 bits per heavy atom. The Labute approximate surface area is 384 Å². The van der Waals surface area contributed by atoms with Gasteiger partial charge in [-0.05, 0) is 63.7 Å². The SMILES string of the molecule is CC(C)C[C@H](NC(=O)[C@H](CCCN=C(N)N)NC(=O)[C@@H]1CCCN1C(=O)[C@@H](NC(=O)[C@@H](N)CS)C(C)C)C(=O)N[C@@H](CO)C(=O)N[C@@H](C)C(=O)N1CCC[C@H]1C(=O)N[C@@H](CS)C(=O)O. The molecule has 0 saturated carbocycles. The van der Waals surface area contributed by atoms with Crippen molar-refractivity contribution in [2.24, 2.45) is 34.0 Å². The number of aliphatic hydroxyl groups excluding tert-OH is 1. The van der Waals surface area contributed by atoms with E-state index in [0.29, 0.717) is 12.8 Å². The maximum atomic E-state index is 14.0. The van der Waals surface area contributed by atoms with Crippen molar-refractivity contribution in [3.05, 3.63) is 0 Å². The van der Waals surface area contributed by atoms with Gasteiger partial charge in [-0.25, -0.2) is 4.79 Å². The zero-order valence-corrected chi connectivity index (χ0v) is 38.9. The van der Waals surface area contributed by atoms with Gasteiger partial charge in [-0.1, -0.05) is 27.7 Å². The number of aliphatic carboxylic acids is 1. The van der Waals surface area contributed by atoms with Crippen LogP contribution in [0.1, 0.15) is 79.6 Å². The number of rotatable bonds is 25. The zero-order valence-electron chi connectivity index (χ0n) is 37.1. The smallest absolute Gasteiger partial charge is 0.327 e. The number of nitrogens with zero attached hydrogens (tertiary/aromatic N) is 3. The van der Waals surface area contributed by atoms with Gasteiger partial charge in [0.1, 0.15) is 48.3 Å². The van der Waals surface area contributed by atoms with E-state index in [0.717, 1.165) is 0 Å². The summed E-state index contributed by atoms with van der Waals surface area (Å²) in [6.45, 7) is 7.94. The Morgan fingerprint density at radius 3 is 1.69 bits per heavy atom. The highest BCUT2D eigenvalue weighted by Gasteiger charge is 2.41. The number of guanidine groups is 1. The predicted molar refractivity (Wildman–Crippen MR) is 241 cm³/mol. The summed E-state index contributed by atoms with van der Waals surface area (Å²) >= 11 is 8.00. The fourth-order valence-corrected chi connectivity index (χ4v) is 7.61. The summed E-state index contributed by atoms with van der Waals surface area (Å²) in [5.41, 5.74) is 16.8. The number of amides is 8. The van der Waals surface area contributed by atoms with E-state index in [1.54, 1.807) is 27.7 Å². The number of hydrogen-bond acceptors (Lipinski definition) is 14. The van der Waals surface area contributed by atoms with Crippen molar-refractivity contribution in [2.75, 3.05) is 37.7 Å². The van der Waals surface area contributed by atoms with Crippen molar-refractivity contribution >= 4 is 84.4 Å². The van der Waals surface area contributed by atoms with E-state index < -0.39 is 114 Å². The van der Waals surface area contributed by atoms with Gasteiger partial charge in [0.25, 0.3) is 0 Å². The average molecular weight is 945 g/mol. The molecule has 23 nitrogen and oxygen atoms in total. The van der Waals surface area contributed by atoms with Gasteiger partial charge in [-0.2, -0.15) is 25.3 Å². The van der Waals surface area contributed by atoms with E-state index in [4.69, 9.17) is 17.2 Å². The van der Waals surface area contributed by atoms with Crippen molar-refractivity contribution in [1.29, 1.82) is 0 Å². The first-order valence-electron chi connectivity index (χ1n) is 21.4. The maximum absolute atomic E-state index is 14.0. The van der Waals surface area contributed by atoms with Gasteiger partial charge in [0.15, 0.2) is 5.96 Å². The Kier molecular flexibility index (Phi) is 23.1. The third kappa shape index (κ3) is 16.6. The Bertz CT molecular complexity index is 1700. The molecule has 2 aliphatic heterocycles. The van der Waals surface area contributed by atoms with Crippen LogP contribution in [-0.2, 0) is 43.2 Å². The third-order valence-corrected chi connectivity index (χ3v) is 11.5. The van der Waals surface area contributed by atoms with Crippen molar-refractivity contribution in [3.8, 4) is 0 Å². The Hall–Kier alpha value is -4.88. The van der Waals surface area contributed by atoms with Gasteiger partial charge in [-0.15, -0.1) is 0 Å². The minimum atomic E-state index is -1.59. The largest absolute Gasteiger partial charge is 0.480 e. The first kappa shape index (κ1) is 55.3. The molecule has 0 aromatic rings. The lowest BCUT2D eigenvalue weighted by Gasteiger charge is -2.32. The highest BCUT2D eigenvalue weighted by atomic mass is 32.1. The van der Waals surface area contributed by atoms with Crippen molar-refractivity contribution in [3.63, 3.8) is 0 Å². The molecule has 14 N–H and O–H groups in total. The summed E-state index contributed by atoms with van der Waals surface area (Å²) in [5.74, 6) is -7.83. The average Bonchev–Trinajstić information content (AvgIpc) is 3.94. The molecule has 25 heteroatoms. The minimum absolute atomic E-state index is 0.000214. The standard InChI is InChI=1S/C39H68N12O11S2/c1-19(2)15-24(32(55)47-25(16-52)33(56)44-21(5)36(59)50-13-7-10-27(50)35(58)48-26(18-64)38(61)62)46-31(54)23(9-6-12-43-39(41)42)45-34(57)28-11-8-14-51(28)37(60)29(20(3)4)49-30(53)22(40)17-63/h19-29,52,63-64H,6-18,40H2,1-5H3,(H,44,56)(H,45,57)(H,46,54)(H,47,55)(H,48,58)(H,49,53)(H,61,62)(H4,41,42,43)/t21-,22-,23-,24-,25-,26-,27-,28-,29-/m0/s1. The molecule has 2 heterocycles. The van der Waals surface area contributed by atoms with Crippen LogP contribution in [0.25, 0.3) is 0 Å². The molecule has 0 aromatic carbocycles. The molecule has 8 amide bonds. The molecular weight excluding hydrogens is 877 g/mol. The molecule has 0 radical (unpaired) electrons. The Balaban J connectivity index is 2.24. The fraction of sp³-hybridized carbons (Fsp3) is 0.744. The topological polar surface area (TPSA) is 363 Å². The maximum Gasteiger partial charge on any atom is 0.327 e. The van der Waals surface area contributed by atoms with E-state index in [-0.39, 0.29) is 81.0 Å². The van der Waals surface area contributed by atoms with E-state index in [1.807, 2.05) is 0 Å². The van der Waals surface area contributed by atoms with E-state index in [2.05, 4.69) is 62.2 Å². The molecule has 0 aliphatic carbocycles. The lowest BCUT2D eigenvalue weighted by molar-refractivity contribution is -0.144. The van der Waals surface area contributed by atoms with Crippen LogP contribution < -0.4 is 49.1 Å². The lowest BCUT2D eigenvalue weighted by atomic mass is 10.0. The van der Waals surface area contributed by atoms with Crippen LogP contribution in [0.2, 0.25) is 0 Å². The zero-order chi connectivity index (χ0) is 48.4. The number of carbonyl (C=O) groups excluding carboxylic acids is 8. The second-order valence-corrected chi connectivity index (χ2v) is 17.4. The number of likely N-dealkylation sites (tertiary alicyclic amines) is 2. The molecule has 362 valence electrons. The van der Waals surface area contributed by atoms with E-state index in [1.165, 1.54) is 16.7 Å². The normalized spacial score (nSPS) is 19.3. The minimum Gasteiger partial charge on any atom is -0.480 e. The van der Waals surface area contributed by atoms with Crippen LogP contribution in [0.4, 0.5) is 0 Å². The molecular formula is C39H68N12O11S2. The molecule has 0 aromatic heterocycles. The molecule has 0 unspecified atom stereocenters. The quantitative estimate of drug-likeness (QED) is 0.0179. The number of hydrogen-bond donors (Lipinski definition) is 13. The second kappa shape index (κ2) is 26.8. The lowest BCUT2D eigenvalue weighted by Crippen LogP contribution is -2.60. The summed E-state index contributed by atoms with van der Waals surface area (Å²) < 4.78 is 0. The van der Waals surface area contributed by atoms with Gasteiger partial charge in [0, 0.05) is 31.1 Å². The van der Waals surface area contributed by atoms with Crippen LogP contribution >= 0.6 is 25.3 Å². The van der Waals surface area contributed by atoms with Crippen LogP contribution in [0.3, 0.4) is 0 Å². The number of aliphatic imine (C=N–C) groups is 1. The van der Waals surface area contributed by atoms with E-state index >= 15 is 0 Å². The molecule has 2 aliphatic rings. The van der Waals surface area contributed by atoms with E-state index in [9.17, 15) is 53.4 Å². The molecule has 0 bridgehead atoms. The molecule has 64 heavy (non-hydrogen) atoms. The summed E-state index contributed by atoms with van der Waals surface area (Å²) in [6.07, 6.45) is 1.68. The predicted octanol–water partition coefficient (Wildman–Crippen LogP) is -4.08. The number of nitrogens with two attached hydrogens (primary N) is 3. The van der Waals surface area contributed by atoms with Gasteiger partial charge >= 0.3 is 5.97 Å². The summed E-state index contributed by atoms with van der Waals surface area (Å²) in [4.78, 5) is 126. The monoisotopic (exact) mass is 944 g/mol. The first-order valence-corrected chi connectivity index (χ1v) is 22.6. The van der Waals surface area contributed by atoms with Crippen molar-refractivity contribution in [1.82, 2.24) is 41.7 Å². The van der Waals surface area contributed by atoms with Crippen molar-refractivity contribution in [2.45, 2.75) is 134 Å². The van der Waals surface area contributed by atoms with Crippen LogP contribution in [-0.4, -0.2) is 171 Å². The number of carboxylic acids is 1.